The van der Waals surface area contributed by atoms with Crippen molar-refractivity contribution >= 4 is 24.5 Å². The van der Waals surface area contributed by atoms with Crippen molar-refractivity contribution < 1.29 is 9.36 Å². The van der Waals surface area contributed by atoms with Crippen LogP contribution in [0.4, 0.5) is 0 Å². The van der Waals surface area contributed by atoms with Crippen molar-refractivity contribution in [3.8, 4) is 0 Å². The molecule has 0 N–H and O–H groups in total. The summed E-state index contributed by atoms with van der Waals surface area (Å²) in [6.45, 7) is 7.49. The lowest BCUT2D eigenvalue weighted by Gasteiger charge is -2.26. The van der Waals surface area contributed by atoms with Gasteiger partial charge in [-0.15, -0.1) is 13.2 Å². The fourth-order valence-electron chi connectivity index (χ4n) is 2.93. The summed E-state index contributed by atoms with van der Waals surface area (Å²) < 4.78 is 13.6. The van der Waals surface area contributed by atoms with E-state index in [0.29, 0.717) is 22.9 Å². The SMILES string of the molecule is C=CCP(=O)(CC=C)[C@@H](CC(=O)c1ccc(Cl)cc1)c1ccccc1. The van der Waals surface area contributed by atoms with Crippen LogP contribution in [-0.4, -0.2) is 18.1 Å². The van der Waals surface area contributed by atoms with Gasteiger partial charge in [0.2, 0.25) is 0 Å². The second-order valence-electron chi connectivity index (χ2n) is 5.96. The number of rotatable bonds is 9. The molecule has 4 heteroatoms. The molecule has 25 heavy (non-hydrogen) atoms. The van der Waals surface area contributed by atoms with Crippen LogP contribution in [0.2, 0.25) is 5.02 Å². The summed E-state index contributed by atoms with van der Waals surface area (Å²) in [4.78, 5) is 12.8. The average Bonchev–Trinajstić information content (AvgIpc) is 2.61. The van der Waals surface area contributed by atoms with Crippen LogP contribution in [0, 0.1) is 0 Å². The summed E-state index contributed by atoms with van der Waals surface area (Å²) in [5.41, 5.74) is 1.14. The summed E-state index contributed by atoms with van der Waals surface area (Å²) in [6, 6.07) is 16.4. The highest BCUT2D eigenvalue weighted by atomic mass is 35.5. The molecule has 1 atom stereocenters. The van der Waals surface area contributed by atoms with Gasteiger partial charge in [-0.05, 0) is 29.8 Å². The summed E-state index contributed by atoms with van der Waals surface area (Å²) >= 11 is 5.90. The van der Waals surface area contributed by atoms with E-state index in [-0.39, 0.29) is 17.9 Å². The zero-order valence-corrected chi connectivity index (χ0v) is 15.8. The van der Waals surface area contributed by atoms with E-state index in [1.807, 2.05) is 30.3 Å². The van der Waals surface area contributed by atoms with E-state index >= 15 is 0 Å². The summed E-state index contributed by atoms with van der Waals surface area (Å²) in [7, 11) is -2.72. The van der Waals surface area contributed by atoms with Gasteiger partial charge in [0, 0.05) is 35.0 Å². The summed E-state index contributed by atoms with van der Waals surface area (Å²) in [6.07, 6.45) is 4.30. The standard InChI is InChI=1S/C21H22ClO2P/c1-3-14-25(24,15-4-2)21(18-8-6-5-7-9-18)16-20(23)17-10-12-19(22)13-11-17/h3-13,21H,1-2,14-16H2/t21-/m0/s1. The molecule has 0 fully saturated rings. The van der Waals surface area contributed by atoms with Crippen molar-refractivity contribution in [2.24, 2.45) is 0 Å². The maximum Gasteiger partial charge on any atom is 0.163 e. The van der Waals surface area contributed by atoms with E-state index in [1.165, 1.54) is 0 Å². The van der Waals surface area contributed by atoms with Crippen LogP contribution >= 0.6 is 18.7 Å². The maximum atomic E-state index is 13.6. The third-order valence-electron chi connectivity index (χ3n) is 4.17. The van der Waals surface area contributed by atoms with E-state index in [2.05, 4.69) is 13.2 Å². The summed E-state index contributed by atoms with van der Waals surface area (Å²) in [5, 5.41) is 0.583. The molecule has 0 unspecified atom stereocenters. The third kappa shape index (κ3) is 5.04. The minimum Gasteiger partial charge on any atom is -0.322 e. The topological polar surface area (TPSA) is 34.1 Å². The van der Waals surface area contributed by atoms with Crippen LogP contribution in [0.5, 0.6) is 0 Å². The van der Waals surface area contributed by atoms with E-state index in [1.54, 1.807) is 36.4 Å². The number of halogens is 1. The monoisotopic (exact) mass is 372 g/mol. The second-order valence-corrected chi connectivity index (χ2v) is 9.65. The second kappa shape index (κ2) is 8.99. The average molecular weight is 373 g/mol. The Bertz CT molecular complexity index is 767. The quantitative estimate of drug-likeness (QED) is 0.290. The molecule has 0 saturated heterocycles. The number of ketones is 1. The molecular formula is C21H22ClO2P. The Morgan fingerprint density at radius 2 is 1.56 bits per heavy atom. The molecule has 0 aliphatic carbocycles. The van der Waals surface area contributed by atoms with Crippen LogP contribution < -0.4 is 0 Å². The molecule has 0 amide bonds. The molecule has 0 saturated carbocycles. The fraction of sp³-hybridized carbons (Fsp3) is 0.190. The van der Waals surface area contributed by atoms with Crippen LogP contribution in [0.25, 0.3) is 0 Å². The van der Waals surface area contributed by atoms with E-state index in [0.717, 1.165) is 5.56 Å². The molecule has 0 spiro atoms. The zero-order valence-electron chi connectivity index (χ0n) is 14.1. The molecule has 2 nitrogen and oxygen atoms in total. The fourth-order valence-corrected chi connectivity index (χ4v) is 5.80. The predicted octanol–water partition coefficient (Wildman–Crippen LogP) is 6.39. The van der Waals surface area contributed by atoms with Crippen LogP contribution in [0.1, 0.15) is 28.0 Å². The van der Waals surface area contributed by atoms with Crippen molar-refractivity contribution in [2.75, 3.05) is 12.3 Å². The lowest BCUT2D eigenvalue weighted by molar-refractivity contribution is 0.0980. The number of hydrogen-bond acceptors (Lipinski definition) is 2. The number of carbonyl (C=O) groups is 1. The number of hydrogen-bond donors (Lipinski definition) is 0. The Balaban J connectivity index is 2.39. The van der Waals surface area contributed by atoms with Gasteiger partial charge < -0.3 is 4.57 Å². The zero-order chi connectivity index (χ0) is 18.3. The van der Waals surface area contributed by atoms with Gasteiger partial charge in [0.05, 0.1) is 0 Å². The normalized spacial score (nSPS) is 12.4. The van der Waals surface area contributed by atoms with Gasteiger partial charge in [-0.3, -0.25) is 4.79 Å². The van der Waals surface area contributed by atoms with Gasteiger partial charge in [0.15, 0.2) is 5.78 Å². The first-order chi connectivity index (χ1) is 12.0. The first-order valence-corrected chi connectivity index (χ1v) is 10.7. The Morgan fingerprint density at radius 1 is 1.00 bits per heavy atom. The predicted molar refractivity (Wildman–Crippen MR) is 107 cm³/mol. The number of allylic oxidation sites excluding steroid dienone is 2. The third-order valence-corrected chi connectivity index (χ3v) is 7.79. The van der Waals surface area contributed by atoms with Gasteiger partial charge in [0.25, 0.3) is 0 Å². The molecule has 0 aromatic heterocycles. The highest BCUT2D eigenvalue weighted by Gasteiger charge is 2.33. The Kier molecular flexibility index (Phi) is 6.99. The van der Waals surface area contributed by atoms with Crippen molar-refractivity contribution in [3.05, 3.63) is 96.1 Å². The van der Waals surface area contributed by atoms with Gasteiger partial charge >= 0.3 is 0 Å². The Morgan fingerprint density at radius 3 is 2.08 bits per heavy atom. The van der Waals surface area contributed by atoms with Crippen molar-refractivity contribution in [1.29, 1.82) is 0 Å². The number of carbonyl (C=O) groups excluding carboxylic acids is 1. The molecule has 0 radical (unpaired) electrons. The van der Waals surface area contributed by atoms with Crippen LogP contribution in [0.3, 0.4) is 0 Å². The largest absolute Gasteiger partial charge is 0.322 e. The van der Waals surface area contributed by atoms with Gasteiger partial charge in [0.1, 0.15) is 7.14 Å². The van der Waals surface area contributed by atoms with E-state index in [9.17, 15) is 9.36 Å². The highest BCUT2D eigenvalue weighted by molar-refractivity contribution is 7.64. The summed E-state index contributed by atoms with van der Waals surface area (Å²) in [5.74, 6) is -0.0427. The van der Waals surface area contributed by atoms with Crippen molar-refractivity contribution in [2.45, 2.75) is 12.1 Å². The lowest BCUT2D eigenvalue weighted by Crippen LogP contribution is -2.11. The van der Waals surface area contributed by atoms with Gasteiger partial charge in [-0.25, -0.2) is 0 Å². The van der Waals surface area contributed by atoms with Crippen LogP contribution in [0.15, 0.2) is 79.9 Å². The molecule has 0 aliphatic heterocycles. The Hall–Kier alpha value is -1.89. The molecule has 2 aromatic carbocycles. The minimum absolute atomic E-state index is 0.0427. The molecule has 0 heterocycles. The first-order valence-electron chi connectivity index (χ1n) is 8.13. The van der Waals surface area contributed by atoms with Gasteiger partial charge in [-0.1, -0.05) is 54.1 Å². The van der Waals surface area contributed by atoms with Crippen LogP contribution in [-0.2, 0) is 4.57 Å². The van der Waals surface area contributed by atoms with Crippen molar-refractivity contribution in [3.63, 3.8) is 0 Å². The Labute approximate surface area is 154 Å². The molecule has 0 aliphatic rings. The maximum absolute atomic E-state index is 13.6. The first kappa shape index (κ1) is 19.4. The number of Topliss-reactive ketones (excluding diaryl/α,β-unsaturated/α-hetero) is 1. The lowest BCUT2D eigenvalue weighted by atomic mass is 10.0. The molecular weight excluding hydrogens is 351 g/mol. The van der Waals surface area contributed by atoms with E-state index in [4.69, 9.17) is 11.6 Å². The van der Waals surface area contributed by atoms with E-state index < -0.39 is 7.14 Å². The minimum atomic E-state index is -2.72. The molecule has 2 rings (SSSR count). The highest BCUT2D eigenvalue weighted by Crippen LogP contribution is 2.60. The van der Waals surface area contributed by atoms with Gasteiger partial charge in [-0.2, -0.15) is 0 Å². The smallest absolute Gasteiger partial charge is 0.163 e. The molecule has 2 aromatic rings. The number of benzene rings is 2. The molecule has 0 bridgehead atoms. The molecule has 130 valence electrons. The van der Waals surface area contributed by atoms with Crippen molar-refractivity contribution in [1.82, 2.24) is 0 Å².